The Morgan fingerprint density at radius 2 is 1.81 bits per heavy atom. The predicted octanol–water partition coefficient (Wildman–Crippen LogP) is 3.02. The molecule has 27 heavy (non-hydrogen) atoms. The van der Waals surface area contributed by atoms with Crippen LogP contribution in [0.1, 0.15) is 28.9 Å². The van der Waals surface area contributed by atoms with Gasteiger partial charge in [0.25, 0.3) is 5.91 Å². The Morgan fingerprint density at radius 3 is 2.44 bits per heavy atom. The Kier molecular flexibility index (Phi) is 6.70. The molecular formula is C19H19F2NO5. The van der Waals surface area contributed by atoms with Gasteiger partial charge in [0.05, 0.1) is 20.3 Å². The SMILES string of the molecule is COc1ccc(C(=O)OCC(=O)N[C@H](C)c2ccc(F)cc2F)c(OC)c1. The highest BCUT2D eigenvalue weighted by molar-refractivity contribution is 5.94. The zero-order valence-corrected chi connectivity index (χ0v) is 15.0. The number of ether oxygens (including phenoxy) is 3. The molecule has 144 valence electrons. The fourth-order valence-electron chi connectivity index (χ4n) is 2.39. The highest BCUT2D eigenvalue weighted by Crippen LogP contribution is 2.25. The summed E-state index contributed by atoms with van der Waals surface area (Å²) >= 11 is 0. The molecule has 1 atom stereocenters. The average molecular weight is 379 g/mol. The zero-order valence-electron chi connectivity index (χ0n) is 15.0. The minimum atomic E-state index is -0.775. The van der Waals surface area contributed by atoms with Crippen LogP contribution in [-0.2, 0) is 9.53 Å². The molecule has 0 aromatic heterocycles. The number of carbonyl (C=O) groups excluding carboxylic acids is 2. The van der Waals surface area contributed by atoms with E-state index in [4.69, 9.17) is 14.2 Å². The second-order valence-electron chi connectivity index (χ2n) is 5.60. The number of hydrogen-bond acceptors (Lipinski definition) is 5. The molecular weight excluding hydrogens is 360 g/mol. The summed E-state index contributed by atoms with van der Waals surface area (Å²) in [5.41, 5.74) is 0.247. The molecule has 6 nitrogen and oxygen atoms in total. The molecule has 2 aromatic carbocycles. The van der Waals surface area contributed by atoms with Crippen LogP contribution in [0.5, 0.6) is 11.5 Å². The lowest BCUT2D eigenvalue weighted by atomic mass is 10.1. The number of amides is 1. The lowest BCUT2D eigenvalue weighted by molar-refractivity contribution is -0.124. The molecule has 0 unspecified atom stereocenters. The van der Waals surface area contributed by atoms with E-state index in [2.05, 4.69) is 5.32 Å². The fraction of sp³-hybridized carbons (Fsp3) is 0.263. The first kappa shape index (κ1) is 20.2. The quantitative estimate of drug-likeness (QED) is 0.749. The molecule has 0 bridgehead atoms. The number of halogens is 2. The van der Waals surface area contributed by atoms with Crippen molar-refractivity contribution in [3.63, 3.8) is 0 Å². The average Bonchev–Trinajstić information content (AvgIpc) is 2.65. The Bertz CT molecular complexity index is 841. The molecule has 0 heterocycles. The van der Waals surface area contributed by atoms with Crippen LogP contribution in [0.15, 0.2) is 36.4 Å². The highest BCUT2D eigenvalue weighted by atomic mass is 19.1. The zero-order chi connectivity index (χ0) is 20.0. The third-order valence-corrected chi connectivity index (χ3v) is 3.77. The van der Waals surface area contributed by atoms with Crippen molar-refractivity contribution < 1.29 is 32.6 Å². The first-order valence-electron chi connectivity index (χ1n) is 7.99. The molecule has 2 aromatic rings. The molecule has 0 saturated heterocycles. The van der Waals surface area contributed by atoms with Crippen LogP contribution >= 0.6 is 0 Å². The van der Waals surface area contributed by atoms with Gasteiger partial charge in [-0.05, 0) is 25.1 Å². The molecule has 1 amide bonds. The number of hydrogen-bond donors (Lipinski definition) is 1. The van der Waals surface area contributed by atoms with Crippen molar-refractivity contribution in [2.24, 2.45) is 0 Å². The van der Waals surface area contributed by atoms with Crippen LogP contribution in [0.4, 0.5) is 8.78 Å². The van der Waals surface area contributed by atoms with Crippen molar-refractivity contribution in [1.29, 1.82) is 0 Å². The molecule has 0 aliphatic carbocycles. The molecule has 0 radical (unpaired) electrons. The Balaban J connectivity index is 1.96. The molecule has 2 rings (SSSR count). The van der Waals surface area contributed by atoms with Crippen molar-refractivity contribution in [2.45, 2.75) is 13.0 Å². The van der Waals surface area contributed by atoms with Crippen LogP contribution in [0, 0.1) is 11.6 Å². The number of nitrogens with one attached hydrogen (secondary N) is 1. The number of carbonyl (C=O) groups is 2. The van der Waals surface area contributed by atoms with Gasteiger partial charge in [-0.15, -0.1) is 0 Å². The third-order valence-electron chi connectivity index (χ3n) is 3.77. The molecule has 1 N–H and O–H groups in total. The molecule has 0 aliphatic rings. The van der Waals surface area contributed by atoms with Crippen molar-refractivity contribution in [1.82, 2.24) is 5.32 Å². The predicted molar refractivity (Wildman–Crippen MR) is 92.7 cm³/mol. The number of rotatable bonds is 7. The van der Waals surface area contributed by atoms with Crippen LogP contribution in [0.3, 0.4) is 0 Å². The highest BCUT2D eigenvalue weighted by Gasteiger charge is 2.18. The van der Waals surface area contributed by atoms with Crippen LogP contribution in [0.25, 0.3) is 0 Å². The summed E-state index contributed by atoms with van der Waals surface area (Å²) in [7, 11) is 2.86. The minimum absolute atomic E-state index is 0.118. The van der Waals surface area contributed by atoms with E-state index in [1.54, 1.807) is 6.07 Å². The van der Waals surface area contributed by atoms with Crippen LogP contribution in [-0.4, -0.2) is 32.7 Å². The molecule has 0 saturated carbocycles. The van der Waals surface area contributed by atoms with Gasteiger partial charge in [0, 0.05) is 17.7 Å². The summed E-state index contributed by atoms with van der Waals surface area (Å²) in [5.74, 6) is -2.14. The lowest BCUT2D eigenvalue weighted by Gasteiger charge is -2.15. The normalized spacial score (nSPS) is 11.4. The first-order chi connectivity index (χ1) is 12.8. The smallest absolute Gasteiger partial charge is 0.342 e. The van der Waals surface area contributed by atoms with E-state index in [0.717, 1.165) is 12.1 Å². The minimum Gasteiger partial charge on any atom is -0.497 e. The van der Waals surface area contributed by atoms with E-state index in [1.807, 2.05) is 0 Å². The van der Waals surface area contributed by atoms with Crippen LogP contribution < -0.4 is 14.8 Å². The monoisotopic (exact) mass is 379 g/mol. The maximum Gasteiger partial charge on any atom is 0.342 e. The summed E-state index contributed by atoms with van der Waals surface area (Å²) in [5, 5.41) is 2.48. The summed E-state index contributed by atoms with van der Waals surface area (Å²) < 4.78 is 41.8. The van der Waals surface area contributed by atoms with Gasteiger partial charge >= 0.3 is 5.97 Å². The second kappa shape index (κ2) is 8.98. The van der Waals surface area contributed by atoms with Gasteiger partial charge < -0.3 is 19.5 Å². The number of esters is 1. The van der Waals surface area contributed by atoms with E-state index in [1.165, 1.54) is 39.3 Å². The Morgan fingerprint density at radius 1 is 1.07 bits per heavy atom. The standard InChI is InChI=1S/C19H19F2NO5/c1-11(14-6-4-12(20)8-16(14)21)22-18(23)10-27-19(24)15-7-5-13(25-2)9-17(15)26-3/h4-9,11H,10H2,1-3H3,(H,22,23)/t11-/m1/s1. The van der Waals surface area contributed by atoms with Gasteiger partial charge in [-0.1, -0.05) is 6.07 Å². The van der Waals surface area contributed by atoms with Crippen LogP contribution in [0.2, 0.25) is 0 Å². The van der Waals surface area contributed by atoms with Gasteiger partial charge in [0.2, 0.25) is 0 Å². The van der Waals surface area contributed by atoms with Gasteiger partial charge in [-0.3, -0.25) is 4.79 Å². The number of benzene rings is 2. The molecule has 0 fully saturated rings. The summed E-state index contributed by atoms with van der Waals surface area (Å²) in [4.78, 5) is 24.1. The second-order valence-corrected chi connectivity index (χ2v) is 5.60. The first-order valence-corrected chi connectivity index (χ1v) is 7.99. The number of methoxy groups -OCH3 is 2. The molecule has 0 spiro atoms. The van der Waals surface area contributed by atoms with Gasteiger partial charge in [-0.2, -0.15) is 0 Å². The van der Waals surface area contributed by atoms with Gasteiger partial charge in [0.1, 0.15) is 28.7 Å². The van der Waals surface area contributed by atoms with Crippen molar-refractivity contribution in [2.75, 3.05) is 20.8 Å². The van der Waals surface area contributed by atoms with Crippen molar-refractivity contribution in [3.8, 4) is 11.5 Å². The Hall–Kier alpha value is -3.16. The van der Waals surface area contributed by atoms with E-state index in [0.29, 0.717) is 5.75 Å². The van der Waals surface area contributed by atoms with E-state index < -0.39 is 36.2 Å². The maximum atomic E-state index is 13.7. The summed E-state index contributed by atoms with van der Waals surface area (Å²) in [6, 6.07) is 6.85. The van der Waals surface area contributed by atoms with Crippen molar-refractivity contribution in [3.05, 3.63) is 59.2 Å². The van der Waals surface area contributed by atoms with Crippen molar-refractivity contribution >= 4 is 11.9 Å². The van der Waals surface area contributed by atoms with E-state index in [9.17, 15) is 18.4 Å². The lowest BCUT2D eigenvalue weighted by Crippen LogP contribution is -2.31. The molecule has 8 heteroatoms. The Labute approximate surface area is 155 Å². The topological polar surface area (TPSA) is 73.9 Å². The fourth-order valence-corrected chi connectivity index (χ4v) is 2.39. The molecule has 0 aliphatic heterocycles. The van der Waals surface area contributed by atoms with Gasteiger partial charge in [-0.25, -0.2) is 13.6 Å². The maximum absolute atomic E-state index is 13.7. The third kappa shape index (κ3) is 5.16. The van der Waals surface area contributed by atoms with Gasteiger partial charge in [0.15, 0.2) is 6.61 Å². The summed E-state index contributed by atoms with van der Waals surface area (Å²) in [6.07, 6.45) is 0. The van der Waals surface area contributed by atoms with E-state index in [-0.39, 0.29) is 16.9 Å². The largest absolute Gasteiger partial charge is 0.497 e. The summed E-state index contributed by atoms with van der Waals surface area (Å²) in [6.45, 7) is 0.962. The van der Waals surface area contributed by atoms with E-state index >= 15 is 0 Å².